The van der Waals surface area contributed by atoms with Gasteiger partial charge in [0.05, 0.1) is 20.3 Å². The van der Waals surface area contributed by atoms with Gasteiger partial charge in [-0.05, 0) is 42.5 Å². The Morgan fingerprint density at radius 3 is 2.67 bits per heavy atom. The van der Waals surface area contributed by atoms with Crippen LogP contribution in [0.5, 0.6) is 11.5 Å². The molecule has 0 saturated carbocycles. The Kier molecular flexibility index (Phi) is 8.00. The Balaban J connectivity index is 2.43. The monoisotopic (exact) mass is 312 g/mol. The summed E-state index contributed by atoms with van der Waals surface area (Å²) in [5.41, 5.74) is 6.88. The third-order valence-corrected chi connectivity index (χ3v) is 3.77. The Morgan fingerprint density at radius 1 is 1.33 bits per heavy atom. The van der Waals surface area contributed by atoms with Crippen molar-refractivity contribution >= 4 is 17.7 Å². The van der Waals surface area contributed by atoms with E-state index in [2.05, 4.69) is 5.32 Å². The smallest absolute Gasteiger partial charge is 0.236 e. The standard InChI is InChI=1S/C15H24N2O3S/c1-19-13-5-4-11(10-14(13)20-2)6-8-17-15(18)12(16)7-9-21-3/h4-5,10,12H,6-9,16H2,1-3H3,(H,17,18)/t12-/m0/s1. The number of amides is 1. The fraction of sp³-hybridized carbons (Fsp3) is 0.533. The molecule has 0 radical (unpaired) electrons. The summed E-state index contributed by atoms with van der Waals surface area (Å²) in [5.74, 6) is 2.19. The summed E-state index contributed by atoms with van der Waals surface area (Å²) in [5, 5.41) is 2.86. The second-order valence-electron chi connectivity index (χ2n) is 4.62. The minimum absolute atomic E-state index is 0.0930. The maximum atomic E-state index is 11.8. The van der Waals surface area contributed by atoms with Crippen molar-refractivity contribution in [3.8, 4) is 11.5 Å². The van der Waals surface area contributed by atoms with E-state index in [1.54, 1.807) is 26.0 Å². The Hall–Kier alpha value is -1.40. The van der Waals surface area contributed by atoms with E-state index in [9.17, 15) is 4.79 Å². The van der Waals surface area contributed by atoms with Crippen molar-refractivity contribution < 1.29 is 14.3 Å². The first kappa shape index (κ1) is 17.7. The highest BCUT2D eigenvalue weighted by Crippen LogP contribution is 2.27. The average Bonchev–Trinajstić information content (AvgIpc) is 2.52. The molecule has 3 N–H and O–H groups in total. The number of nitrogens with one attached hydrogen (secondary N) is 1. The van der Waals surface area contributed by atoms with Crippen LogP contribution in [0.4, 0.5) is 0 Å². The SMILES string of the molecule is COc1ccc(CCNC(=O)[C@@H](N)CCSC)cc1OC. The van der Waals surface area contributed by atoms with Crippen LogP contribution in [0, 0.1) is 0 Å². The maximum Gasteiger partial charge on any atom is 0.236 e. The van der Waals surface area contributed by atoms with Gasteiger partial charge in [-0.15, -0.1) is 0 Å². The van der Waals surface area contributed by atoms with Crippen LogP contribution in [-0.2, 0) is 11.2 Å². The minimum atomic E-state index is -0.428. The topological polar surface area (TPSA) is 73.6 Å². The van der Waals surface area contributed by atoms with Gasteiger partial charge in [0.25, 0.3) is 0 Å². The summed E-state index contributed by atoms with van der Waals surface area (Å²) in [4.78, 5) is 11.8. The van der Waals surface area contributed by atoms with Crippen molar-refractivity contribution in [3.63, 3.8) is 0 Å². The van der Waals surface area contributed by atoms with E-state index in [0.29, 0.717) is 24.5 Å². The van der Waals surface area contributed by atoms with Crippen LogP contribution < -0.4 is 20.5 Å². The van der Waals surface area contributed by atoms with Crippen molar-refractivity contribution in [1.82, 2.24) is 5.32 Å². The lowest BCUT2D eigenvalue weighted by Crippen LogP contribution is -2.41. The van der Waals surface area contributed by atoms with Crippen molar-refractivity contribution in [3.05, 3.63) is 23.8 Å². The molecule has 0 aliphatic rings. The van der Waals surface area contributed by atoms with E-state index in [1.165, 1.54) is 0 Å². The summed E-state index contributed by atoms with van der Waals surface area (Å²) in [6, 6.07) is 5.31. The molecule has 21 heavy (non-hydrogen) atoms. The fourth-order valence-corrected chi connectivity index (χ4v) is 2.36. The van der Waals surface area contributed by atoms with E-state index >= 15 is 0 Å². The Labute approximate surface area is 130 Å². The molecular weight excluding hydrogens is 288 g/mol. The second kappa shape index (κ2) is 9.52. The normalized spacial score (nSPS) is 11.8. The van der Waals surface area contributed by atoms with Gasteiger partial charge in [0.1, 0.15) is 0 Å². The number of methoxy groups -OCH3 is 2. The molecule has 118 valence electrons. The van der Waals surface area contributed by atoms with Crippen LogP contribution in [0.15, 0.2) is 18.2 Å². The molecule has 0 saturated heterocycles. The molecule has 1 atom stereocenters. The molecule has 0 bridgehead atoms. The van der Waals surface area contributed by atoms with E-state index in [4.69, 9.17) is 15.2 Å². The van der Waals surface area contributed by atoms with Gasteiger partial charge in [-0.3, -0.25) is 4.79 Å². The summed E-state index contributed by atoms with van der Waals surface area (Å²) < 4.78 is 10.4. The quantitative estimate of drug-likeness (QED) is 0.722. The molecular formula is C15H24N2O3S. The lowest BCUT2D eigenvalue weighted by Gasteiger charge is -2.12. The van der Waals surface area contributed by atoms with E-state index in [-0.39, 0.29) is 5.91 Å². The first-order chi connectivity index (χ1) is 10.1. The number of hydrogen-bond acceptors (Lipinski definition) is 5. The molecule has 0 fully saturated rings. The molecule has 0 aromatic heterocycles. The van der Waals surface area contributed by atoms with Crippen molar-refractivity contribution in [1.29, 1.82) is 0 Å². The summed E-state index contributed by atoms with van der Waals surface area (Å²) in [6.07, 6.45) is 3.42. The van der Waals surface area contributed by atoms with Gasteiger partial charge in [-0.25, -0.2) is 0 Å². The molecule has 0 unspecified atom stereocenters. The van der Waals surface area contributed by atoms with E-state index in [1.807, 2.05) is 24.5 Å². The van der Waals surface area contributed by atoms with Gasteiger partial charge < -0.3 is 20.5 Å². The molecule has 6 heteroatoms. The number of thioether (sulfide) groups is 1. The molecule has 0 aliphatic heterocycles. The number of carbonyl (C=O) groups excluding carboxylic acids is 1. The van der Waals surface area contributed by atoms with Crippen LogP contribution in [0.25, 0.3) is 0 Å². The van der Waals surface area contributed by atoms with E-state index in [0.717, 1.165) is 17.7 Å². The number of nitrogens with two attached hydrogens (primary N) is 1. The predicted molar refractivity (Wildman–Crippen MR) is 87.2 cm³/mol. The zero-order valence-corrected chi connectivity index (χ0v) is 13.7. The number of carbonyl (C=O) groups is 1. The van der Waals surface area contributed by atoms with Crippen LogP contribution in [0.2, 0.25) is 0 Å². The van der Waals surface area contributed by atoms with Crippen molar-refractivity contribution in [2.75, 3.05) is 32.8 Å². The largest absolute Gasteiger partial charge is 0.493 e. The van der Waals surface area contributed by atoms with Gasteiger partial charge >= 0.3 is 0 Å². The number of benzene rings is 1. The molecule has 1 rings (SSSR count). The number of rotatable bonds is 9. The molecule has 1 aromatic rings. The second-order valence-corrected chi connectivity index (χ2v) is 5.60. The number of ether oxygens (including phenoxy) is 2. The average molecular weight is 312 g/mol. The highest BCUT2D eigenvalue weighted by Gasteiger charge is 2.12. The lowest BCUT2D eigenvalue weighted by atomic mass is 10.1. The first-order valence-corrected chi connectivity index (χ1v) is 8.25. The Morgan fingerprint density at radius 2 is 2.05 bits per heavy atom. The van der Waals surface area contributed by atoms with Crippen LogP contribution in [0.1, 0.15) is 12.0 Å². The molecule has 0 aliphatic carbocycles. The molecule has 1 amide bonds. The Bertz CT molecular complexity index is 455. The molecule has 1 aromatic carbocycles. The third-order valence-electron chi connectivity index (χ3n) is 3.13. The molecule has 0 heterocycles. The van der Waals surface area contributed by atoms with Gasteiger partial charge in [-0.2, -0.15) is 11.8 Å². The highest BCUT2D eigenvalue weighted by atomic mass is 32.2. The van der Waals surface area contributed by atoms with E-state index < -0.39 is 6.04 Å². The number of hydrogen-bond donors (Lipinski definition) is 2. The van der Waals surface area contributed by atoms with Gasteiger partial charge in [0, 0.05) is 6.54 Å². The van der Waals surface area contributed by atoms with Crippen molar-refractivity contribution in [2.45, 2.75) is 18.9 Å². The van der Waals surface area contributed by atoms with Crippen molar-refractivity contribution in [2.24, 2.45) is 5.73 Å². The summed E-state index contributed by atoms with van der Waals surface area (Å²) >= 11 is 1.69. The van der Waals surface area contributed by atoms with Crippen LogP contribution in [-0.4, -0.2) is 44.7 Å². The molecule has 0 spiro atoms. The maximum absolute atomic E-state index is 11.8. The van der Waals surface area contributed by atoms with Gasteiger partial charge in [0.2, 0.25) is 5.91 Å². The zero-order chi connectivity index (χ0) is 15.7. The summed E-state index contributed by atoms with van der Waals surface area (Å²) in [6.45, 7) is 0.557. The van der Waals surface area contributed by atoms with Gasteiger partial charge in [0.15, 0.2) is 11.5 Å². The predicted octanol–water partition coefficient (Wildman–Crippen LogP) is 1.44. The lowest BCUT2D eigenvalue weighted by molar-refractivity contribution is -0.122. The highest BCUT2D eigenvalue weighted by molar-refractivity contribution is 7.98. The fourth-order valence-electron chi connectivity index (χ4n) is 1.87. The minimum Gasteiger partial charge on any atom is -0.493 e. The first-order valence-electron chi connectivity index (χ1n) is 6.85. The van der Waals surface area contributed by atoms with Crippen LogP contribution >= 0.6 is 11.8 Å². The van der Waals surface area contributed by atoms with Crippen LogP contribution in [0.3, 0.4) is 0 Å². The van der Waals surface area contributed by atoms with Gasteiger partial charge in [-0.1, -0.05) is 6.07 Å². The third kappa shape index (κ3) is 5.85. The zero-order valence-electron chi connectivity index (χ0n) is 12.8. The molecule has 5 nitrogen and oxygen atoms in total. The summed E-state index contributed by atoms with van der Waals surface area (Å²) in [7, 11) is 3.21.